The molecule has 0 spiro atoms. The first-order valence-electron chi connectivity index (χ1n) is 15.0. The van der Waals surface area contributed by atoms with Crippen molar-refractivity contribution in [1.82, 2.24) is 20.2 Å². The van der Waals surface area contributed by atoms with Gasteiger partial charge < -0.3 is 4.74 Å². The Labute approximate surface area is 258 Å². The van der Waals surface area contributed by atoms with Gasteiger partial charge >= 0.3 is 5.97 Å². The number of esters is 1. The fraction of sp³-hybridized carbons (Fsp3) is 0.158. The Morgan fingerprint density at radius 2 is 1.20 bits per heavy atom. The Balaban J connectivity index is 1.47. The molecule has 0 aliphatic rings. The van der Waals surface area contributed by atoms with Gasteiger partial charge in [0.15, 0.2) is 5.82 Å². The Morgan fingerprint density at radius 3 is 1.75 bits per heavy atom. The maximum absolute atomic E-state index is 12.0. The smallest absolute Gasteiger partial charge is 0.306 e. The van der Waals surface area contributed by atoms with Gasteiger partial charge in [0.25, 0.3) is 0 Å². The van der Waals surface area contributed by atoms with Crippen molar-refractivity contribution in [3.63, 3.8) is 0 Å². The molecule has 0 amide bonds. The molecule has 0 saturated carbocycles. The number of hydrogen-bond donors (Lipinski definition) is 0. The summed E-state index contributed by atoms with van der Waals surface area (Å²) in [4.78, 5) is 12.0. The third kappa shape index (κ3) is 5.66. The lowest BCUT2D eigenvalue weighted by molar-refractivity contribution is -0.145. The van der Waals surface area contributed by atoms with Gasteiger partial charge in [-0.3, -0.25) is 4.79 Å². The summed E-state index contributed by atoms with van der Waals surface area (Å²) in [5.74, 6) is 0.484. The van der Waals surface area contributed by atoms with Crippen LogP contribution < -0.4 is 0 Å². The number of unbranched alkanes of at least 4 members (excludes halogenated alkanes) is 1. The van der Waals surface area contributed by atoms with Crippen molar-refractivity contribution in [2.24, 2.45) is 0 Å². The number of rotatable bonds is 11. The van der Waals surface area contributed by atoms with Gasteiger partial charge in [-0.2, -0.15) is 0 Å². The number of benzene rings is 5. The third-order valence-electron chi connectivity index (χ3n) is 7.93. The van der Waals surface area contributed by atoms with E-state index in [1.165, 1.54) is 0 Å². The van der Waals surface area contributed by atoms with Crippen molar-refractivity contribution < 1.29 is 9.53 Å². The lowest BCUT2D eigenvalue weighted by atomic mass is 9.77. The minimum absolute atomic E-state index is 0.160. The van der Waals surface area contributed by atoms with Crippen LogP contribution in [0.5, 0.6) is 0 Å². The quantitative estimate of drug-likeness (QED) is 0.115. The second-order valence-electron chi connectivity index (χ2n) is 10.7. The topological polar surface area (TPSA) is 69.9 Å². The molecule has 6 aromatic rings. The van der Waals surface area contributed by atoms with Crippen LogP contribution in [0.3, 0.4) is 0 Å². The summed E-state index contributed by atoms with van der Waals surface area (Å²) >= 11 is 0. The van der Waals surface area contributed by atoms with Crippen LogP contribution >= 0.6 is 0 Å². The van der Waals surface area contributed by atoms with Crippen LogP contribution in [0.2, 0.25) is 0 Å². The standard InChI is InChI=1S/C38H34N4O2/c1-2-3-23-36(43)44-28-29-24-26-30(27-25-29)34-21-13-14-22-35(34)37-39-40-41-42(37)38(31-15-7-4-8-16-31,32-17-9-5-10-18-32)33-19-11-6-12-20-33/h4-22,24-27H,2-3,23,28H2,1H3. The lowest BCUT2D eigenvalue weighted by Gasteiger charge is -2.36. The largest absolute Gasteiger partial charge is 0.461 e. The van der Waals surface area contributed by atoms with Gasteiger partial charge in [-0.05, 0) is 50.2 Å². The molecule has 0 fully saturated rings. The van der Waals surface area contributed by atoms with Crippen LogP contribution in [0.4, 0.5) is 0 Å². The predicted molar refractivity (Wildman–Crippen MR) is 173 cm³/mol. The first-order chi connectivity index (χ1) is 21.7. The number of nitrogens with zero attached hydrogens (tertiary/aromatic N) is 4. The second kappa shape index (κ2) is 13.3. The minimum atomic E-state index is -0.846. The van der Waals surface area contributed by atoms with Crippen LogP contribution in [0.25, 0.3) is 22.5 Å². The molecule has 5 aromatic carbocycles. The maximum Gasteiger partial charge on any atom is 0.306 e. The molecule has 6 rings (SSSR count). The van der Waals surface area contributed by atoms with E-state index < -0.39 is 5.54 Å². The van der Waals surface area contributed by atoms with Crippen molar-refractivity contribution in [2.45, 2.75) is 38.3 Å². The summed E-state index contributed by atoms with van der Waals surface area (Å²) in [5.41, 5.74) is 6.14. The molecule has 0 N–H and O–H groups in total. The molecular weight excluding hydrogens is 544 g/mol. The van der Waals surface area contributed by atoms with Gasteiger partial charge in [-0.25, -0.2) is 4.68 Å². The Hall–Kier alpha value is -5.36. The van der Waals surface area contributed by atoms with Gasteiger partial charge in [-0.15, -0.1) is 5.10 Å². The summed E-state index contributed by atoms with van der Waals surface area (Å²) in [6.45, 7) is 2.32. The number of aromatic nitrogens is 4. The molecule has 6 nitrogen and oxygen atoms in total. The number of carbonyl (C=O) groups excluding carboxylic acids is 1. The normalized spacial score (nSPS) is 11.3. The Kier molecular flexibility index (Phi) is 8.69. The van der Waals surface area contributed by atoms with E-state index in [1.54, 1.807) is 0 Å². The Bertz CT molecular complexity index is 1700. The third-order valence-corrected chi connectivity index (χ3v) is 7.93. The van der Waals surface area contributed by atoms with E-state index in [0.717, 1.165) is 51.8 Å². The summed E-state index contributed by atoms with van der Waals surface area (Å²) in [5, 5.41) is 13.6. The molecule has 0 atom stereocenters. The van der Waals surface area contributed by atoms with Gasteiger partial charge in [0.1, 0.15) is 12.1 Å². The van der Waals surface area contributed by atoms with Crippen molar-refractivity contribution in [3.8, 4) is 22.5 Å². The molecular formula is C38H34N4O2. The second-order valence-corrected chi connectivity index (χ2v) is 10.7. The lowest BCUT2D eigenvalue weighted by Crippen LogP contribution is -2.39. The highest BCUT2D eigenvalue weighted by Gasteiger charge is 2.42. The van der Waals surface area contributed by atoms with Crippen LogP contribution in [-0.2, 0) is 21.7 Å². The zero-order chi connectivity index (χ0) is 30.2. The molecule has 0 unspecified atom stereocenters. The number of tetrazole rings is 1. The first-order valence-corrected chi connectivity index (χ1v) is 15.0. The summed E-state index contributed by atoms with van der Waals surface area (Å²) < 4.78 is 7.42. The van der Waals surface area contributed by atoms with Gasteiger partial charge in [0.05, 0.1) is 0 Å². The first kappa shape index (κ1) is 28.7. The van der Waals surface area contributed by atoms with Crippen LogP contribution in [-0.4, -0.2) is 26.2 Å². The molecule has 0 aliphatic heterocycles. The number of ether oxygens (including phenoxy) is 1. The molecule has 218 valence electrons. The molecule has 0 aliphatic carbocycles. The molecule has 1 heterocycles. The molecule has 44 heavy (non-hydrogen) atoms. The van der Waals surface area contributed by atoms with E-state index in [2.05, 4.69) is 114 Å². The average Bonchev–Trinajstić information content (AvgIpc) is 3.58. The highest BCUT2D eigenvalue weighted by atomic mass is 16.5. The van der Waals surface area contributed by atoms with Gasteiger partial charge in [0.2, 0.25) is 0 Å². The zero-order valence-electron chi connectivity index (χ0n) is 24.7. The average molecular weight is 579 g/mol. The van der Waals surface area contributed by atoms with Crippen molar-refractivity contribution in [3.05, 3.63) is 162 Å². The fourth-order valence-corrected chi connectivity index (χ4v) is 5.75. The van der Waals surface area contributed by atoms with Crippen LogP contribution in [0, 0.1) is 0 Å². The van der Waals surface area contributed by atoms with Gasteiger partial charge in [0, 0.05) is 12.0 Å². The van der Waals surface area contributed by atoms with Crippen molar-refractivity contribution in [2.75, 3.05) is 0 Å². The summed E-state index contributed by atoms with van der Waals surface area (Å²) in [6.07, 6.45) is 2.26. The highest BCUT2D eigenvalue weighted by Crippen LogP contribution is 2.43. The number of hydrogen-bond acceptors (Lipinski definition) is 5. The van der Waals surface area contributed by atoms with Crippen molar-refractivity contribution in [1.29, 1.82) is 0 Å². The van der Waals surface area contributed by atoms with E-state index in [0.29, 0.717) is 12.2 Å². The molecule has 0 bridgehead atoms. The van der Waals surface area contributed by atoms with E-state index in [9.17, 15) is 4.79 Å². The van der Waals surface area contributed by atoms with Crippen molar-refractivity contribution >= 4 is 5.97 Å². The monoisotopic (exact) mass is 578 g/mol. The number of carbonyl (C=O) groups is 1. The summed E-state index contributed by atoms with van der Waals surface area (Å²) in [6, 6.07) is 47.5. The fourth-order valence-electron chi connectivity index (χ4n) is 5.75. The Morgan fingerprint density at radius 1 is 0.682 bits per heavy atom. The van der Waals surface area contributed by atoms with E-state index in [1.807, 2.05) is 47.1 Å². The van der Waals surface area contributed by atoms with E-state index in [-0.39, 0.29) is 12.6 Å². The molecule has 6 heteroatoms. The van der Waals surface area contributed by atoms with Crippen LogP contribution in [0.15, 0.2) is 140 Å². The molecule has 1 aromatic heterocycles. The van der Waals surface area contributed by atoms with Gasteiger partial charge in [-0.1, -0.05) is 153 Å². The summed E-state index contributed by atoms with van der Waals surface area (Å²) in [7, 11) is 0. The molecule has 0 radical (unpaired) electrons. The highest BCUT2D eigenvalue weighted by molar-refractivity contribution is 5.81. The van der Waals surface area contributed by atoms with Crippen LogP contribution in [0.1, 0.15) is 48.4 Å². The van der Waals surface area contributed by atoms with E-state index in [4.69, 9.17) is 9.95 Å². The maximum atomic E-state index is 12.0. The minimum Gasteiger partial charge on any atom is -0.461 e. The zero-order valence-corrected chi connectivity index (χ0v) is 24.7. The molecule has 0 saturated heterocycles. The van der Waals surface area contributed by atoms with E-state index >= 15 is 0 Å². The predicted octanol–water partition coefficient (Wildman–Crippen LogP) is 8.08. The SMILES string of the molecule is CCCCC(=O)OCc1ccc(-c2ccccc2-c2nnnn2C(c2ccccc2)(c2ccccc2)c2ccccc2)cc1.